The van der Waals surface area contributed by atoms with Crippen LogP contribution in [0.5, 0.6) is 5.75 Å². The fourth-order valence-corrected chi connectivity index (χ4v) is 4.18. The molecule has 0 spiro atoms. The Morgan fingerprint density at radius 2 is 1.67 bits per heavy atom. The summed E-state index contributed by atoms with van der Waals surface area (Å²) < 4.78 is 22.1. The Balaban J connectivity index is 1.93. The molecule has 1 aromatic rings. The van der Waals surface area contributed by atoms with Crippen molar-refractivity contribution in [2.24, 2.45) is 0 Å². The van der Waals surface area contributed by atoms with Crippen LogP contribution in [0.25, 0.3) is 6.08 Å². The van der Waals surface area contributed by atoms with Gasteiger partial charge in [-0.3, -0.25) is 0 Å². The first-order valence-electron chi connectivity index (χ1n) is 11.0. The van der Waals surface area contributed by atoms with Crippen LogP contribution in [-0.2, 0) is 20.6 Å². The van der Waals surface area contributed by atoms with Gasteiger partial charge in [0.1, 0.15) is 41.9 Å². The molecule has 182 valence electrons. The van der Waals surface area contributed by atoms with Crippen LogP contribution in [0.4, 0.5) is 0 Å². The molecule has 2 aliphatic rings. The van der Waals surface area contributed by atoms with Crippen LogP contribution >= 0.6 is 0 Å². The minimum Gasteiger partial charge on any atom is -0.483 e. The second kappa shape index (κ2) is 9.95. The molecule has 3 rings (SSSR count). The van der Waals surface area contributed by atoms with Crippen LogP contribution in [0.15, 0.2) is 29.9 Å². The average Bonchev–Trinajstić information content (AvgIpc) is 2.75. The summed E-state index contributed by atoms with van der Waals surface area (Å²) in [5.41, 5.74) is 2.49. The summed E-state index contributed by atoms with van der Waals surface area (Å²) in [5.74, 6) is -0.00588. The highest BCUT2D eigenvalue weighted by Crippen LogP contribution is 2.36. The monoisotopic (exact) mass is 462 g/mol. The maximum atomic E-state index is 13.1. The number of aliphatic hydroxyl groups excluding tert-OH is 3. The molecule has 1 aliphatic carbocycles. The number of rotatable bonds is 6. The van der Waals surface area contributed by atoms with Crippen molar-refractivity contribution in [3.05, 3.63) is 46.5 Å². The van der Waals surface area contributed by atoms with Crippen molar-refractivity contribution in [1.82, 2.24) is 0 Å². The summed E-state index contributed by atoms with van der Waals surface area (Å²) in [6.07, 6.45) is -1.27. The van der Waals surface area contributed by atoms with Gasteiger partial charge in [-0.25, -0.2) is 4.79 Å². The molecule has 1 saturated carbocycles. The lowest BCUT2D eigenvalue weighted by Gasteiger charge is -2.43. The zero-order valence-corrected chi connectivity index (χ0v) is 19.9. The molecule has 1 aliphatic heterocycles. The number of hydrogen-bond acceptors (Lipinski definition) is 8. The van der Waals surface area contributed by atoms with Crippen LogP contribution in [0.1, 0.15) is 49.2 Å². The molecule has 1 fully saturated rings. The smallest absolute Gasteiger partial charge is 0.338 e. The maximum absolute atomic E-state index is 13.1. The quantitative estimate of drug-likeness (QED) is 0.435. The van der Waals surface area contributed by atoms with Crippen molar-refractivity contribution in [2.75, 3.05) is 14.2 Å². The second-order valence-electron chi connectivity index (χ2n) is 9.32. The third-order valence-corrected chi connectivity index (χ3v) is 6.00. The molecule has 0 radical (unpaired) electrons. The van der Waals surface area contributed by atoms with Crippen LogP contribution < -0.4 is 4.74 Å². The van der Waals surface area contributed by atoms with E-state index in [0.717, 1.165) is 16.7 Å². The maximum Gasteiger partial charge on any atom is 0.338 e. The normalized spacial score (nSPS) is 30.2. The summed E-state index contributed by atoms with van der Waals surface area (Å²) in [6.45, 7) is 7.90. The largest absolute Gasteiger partial charge is 0.483 e. The summed E-state index contributed by atoms with van der Waals surface area (Å²) in [5, 5.41) is 31.4. The van der Waals surface area contributed by atoms with E-state index in [9.17, 15) is 20.1 Å². The molecule has 8 heteroatoms. The molecular weight excluding hydrogens is 428 g/mol. The highest BCUT2D eigenvalue weighted by molar-refractivity contribution is 5.91. The van der Waals surface area contributed by atoms with Crippen LogP contribution in [0, 0.1) is 0 Å². The molecule has 0 amide bonds. The summed E-state index contributed by atoms with van der Waals surface area (Å²) in [4.78, 5) is 13.1. The standard InChI is InChI=1S/C25H34O8/c1-13(2)7-8-14-11-16(12-15-9-10-25(3,4)33-20(14)15)24(29)32-23-18(27)17(26)21(30-5)19(28)22(23)31-6/h7,9-12,17-19,21-23,26-28H,8H2,1-6H3. The van der Waals surface area contributed by atoms with Gasteiger partial charge in [-0.15, -0.1) is 0 Å². The Morgan fingerprint density at radius 1 is 1.03 bits per heavy atom. The lowest BCUT2D eigenvalue weighted by Crippen LogP contribution is -2.65. The van der Waals surface area contributed by atoms with Gasteiger partial charge in [0.15, 0.2) is 6.10 Å². The lowest BCUT2D eigenvalue weighted by atomic mass is 9.84. The van der Waals surface area contributed by atoms with Crippen molar-refractivity contribution in [2.45, 2.75) is 76.3 Å². The number of benzene rings is 1. The highest BCUT2D eigenvalue weighted by atomic mass is 16.6. The Kier molecular flexibility index (Phi) is 7.65. The van der Waals surface area contributed by atoms with Gasteiger partial charge >= 0.3 is 5.97 Å². The molecule has 0 bridgehead atoms. The third kappa shape index (κ3) is 5.31. The first-order chi connectivity index (χ1) is 15.5. The molecular formula is C25H34O8. The van der Waals surface area contributed by atoms with Gasteiger partial charge in [0.25, 0.3) is 0 Å². The van der Waals surface area contributed by atoms with E-state index in [0.29, 0.717) is 12.2 Å². The minimum absolute atomic E-state index is 0.263. The number of esters is 1. The molecule has 6 unspecified atom stereocenters. The van der Waals surface area contributed by atoms with Crippen molar-refractivity contribution < 1.29 is 39.1 Å². The van der Waals surface area contributed by atoms with E-state index in [1.165, 1.54) is 14.2 Å². The highest BCUT2D eigenvalue weighted by Gasteiger charge is 2.52. The van der Waals surface area contributed by atoms with Gasteiger partial charge < -0.3 is 34.3 Å². The van der Waals surface area contributed by atoms with E-state index in [1.807, 2.05) is 45.9 Å². The first kappa shape index (κ1) is 25.4. The number of hydrogen-bond donors (Lipinski definition) is 3. The predicted molar refractivity (Wildman–Crippen MR) is 122 cm³/mol. The van der Waals surface area contributed by atoms with Gasteiger partial charge in [-0.05, 0) is 57.9 Å². The lowest BCUT2D eigenvalue weighted by molar-refractivity contribution is -0.235. The van der Waals surface area contributed by atoms with Gasteiger partial charge in [-0.2, -0.15) is 0 Å². The number of carbonyl (C=O) groups excluding carboxylic acids is 1. The van der Waals surface area contributed by atoms with E-state index < -0.39 is 48.2 Å². The number of allylic oxidation sites excluding steroid dienone is 2. The Morgan fingerprint density at radius 3 is 2.27 bits per heavy atom. The molecule has 0 aromatic heterocycles. The molecule has 6 atom stereocenters. The number of ether oxygens (including phenoxy) is 4. The van der Waals surface area contributed by atoms with E-state index in [2.05, 4.69) is 0 Å². The van der Waals surface area contributed by atoms with Gasteiger partial charge in [0, 0.05) is 19.8 Å². The number of carbonyl (C=O) groups is 1. The summed E-state index contributed by atoms with van der Waals surface area (Å²) >= 11 is 0. The second-order valence-corrected chi connectivity index (χ2v) is 9.32. The molecule has 1 aromatic carbocycles. The van der Waals surface area contributed by atoms with E-state index in [-0.39, 0.29) is 5.56 Å². The van der Waals surface area contributed by atoms with Crippen LogP contribution in [-0.4, -0.2) is 77.7 Å². The number of fused-ring (bicyclic) bond motifs is 1. The van der Waals surface area contributed by atoms with Gasteiger partial charge in [0.2, 0.25) is 0 Å². The molecule has 8 nitrogen and oxygen atoms in total. The molecule has 3 N–H and O–H groups in total. The molecule has 1 heterocycles. The Bertz CT molecular complexity index is 931. The van der Waals surface area contributed by atoms with Crippen molar-refractivity contribution in [1.29, 1.82) is 0 Å². The molecule has 0 saturated heterocycles. The minimum atomic E-state index is -1.50. The van der Waals surface area contributed by atoms with Crippen molar-refractivity contribution in [3.8, 4) is 5.75 Å². The third-order valence-electron chi connectivity index (χ3n) is 6.00. The zero-order valence-electron chi connectivity index (χ0n) is 19.9. The number of methoxy groups -OCH3 is 2. The predicted octanol–water partition coefficient (Wildman–Crippen LogP) is 2.03. The van der Waals surface area contributed by atoms with Gasteiger partial charge in [0.05, 0.1) is 5.56 Å². The Hall–Kier alpha value is -2.23. The van der Waals surface area contributed by atoms with Crippen molar-refractivity contribution >= 4 is 12.0 Å². The Labute approximate surface area is 194 Å². The summed E-state index contributed by atoms with van der Waals surface area (Å²) in [6, 6.07) is 3.37. The van der Waals surface area contributed by atoms with E-state index in [1.54, 1.807) is 12.1 Å². The molecule has 33 heavy (non-hydrogen) atoms. The van der Waals surface area contributed by atoms with E-state index >= 15 is 0 Å². The topological polar surface area (TPSA) is 115 Å². The zero-order chi connectivity index (χ0) is 24.5. The van der Waals surface area contributed by atoms with Crippen molar-refractivity contribution in [3.63, 3.8) is 0 Å². The SMILES string of the molecule is COC1C(O)C(O)C(OC(=O)c2cc3c(c(CC=C(C)C)c2)OC(C)(C)C=C3)C(OC)C1O. The first-order valence-corrected chi connectivity index (χ1v) is 11.0. The fraction of sp³-hybridized carbons (Fsp3) is 0.560. The number of aliphatic hydroxyl groups is 3. The van der Waals surface area contributed by atoms with Crippen LogP contribution in [0.2, 0.25) is 0 Å². The van der Waals surface area contributed by atoms with E-state index in [4.69, 9.17) is 18.9 Å². The van der Waals surface area contributed by atoms with Crippen LogP contribution in [0.3, 0.4) is 0 Å². The van der Waals surface area contributed by atoms with Gasteiger partial charge in [-0.1, -0.05) is 17.7 Å². The summed E-state index contributed by atoms with van der Waals surface area (Å²) in [7, 11) is 2.63. The fourth-order valence-electron chi connectivity index (χ4n) is 4.18. The average molecular weight is 463 g/mol.